The quantitative estimate of drug-likeness (QED) is 0.432. The van der Waals surface area contributed by atoms with Gasteiger partial charge in [0.25, 0.3) is 0 Å². The van der Waals surface area contributed by atoms with Crippen LogP contribution < -0.4 is 11.5 Å². The maximum Gasteiger partial charge on any atom is 0.186 e. The normalized spacial score (nSPS) is 26.2. The summed E-state index contributed by atoms with van der Waals surface area (Å²) in [4.78, 5) is 4.17. The third-order valence-corrected chi connectivity index (χ3v) is 3.22. The molecule has 0 saturated heterocycles. The summed E-state index contributed by atoms with van der Waals surface area (Å²) in [6.45, 7) is 8.74. The number of guanidine groups is 1. The van der Waals surface area contributed by atoms with Crippen LogP contribution in [-0.2, 0) is 0 Å². The maximum atomic E-state index is 5.30. The van der Waals surface area contributed by atoms with Gasteiger partial charge in [-0.1, -0.05) is 27.7 Å². The predicted octanol–water partition coefficient (Wildman–Crippen LogP) is 0.694. The third-order valence-electron chi connectivity index (χ3n) is 3.22. The third kappa shape index (κ3) is 0.988. The van der Waals surface area contributed by atoms with Gasteiger partial charge in [0, 0.05) is 0 Å². The van der Waals surface area contributed by atoms with Crippen LogP contribution in [0.25, 0.3) is 0 Å². The van der Waals surface area contributed by atoms with E-state index < -0.39 is 0 Å². The smallest absolute Gasteiger partial charge is 0.186 e. The van der Waals surface area contributed by atoms with Crippen molar-refractivity contribution in [2.24, 2.45) is 27.3 Å². The van der Waals surface area contributed by atoms with E-state index in [1.54, 1.807) is 0 Å². The Bertz CT molecular complexity index is 185. The molecule has 0 aliphatic heterocycles. The minimum Gasteiger partial charge on any atom is -0.370 e. The Morgan fingerprint density at radius 2 is 1.45 bits per heavy atom. The molecule has 0 aromatic carbocycles. The summed E-state index contributed by atoms with van der Waals surface area (Å²) in [5, 5.41) is 0. The van der Waals surface area contributed by atoms with Crippen molar-refractivity contribution in [3.8, 4) is 0 Å². The molecule has 1 saturated carbocycles. The summed E-state index contributed by atoms with van der Waals surface area (Å²) >= 11 is 0. The van der Waals surface area contributed by atoms with Gasteiger partial charge >= 0.3 is 0 Å². The molecule has 0 bridgehead atoms. The van der Waals surface area contributed by atoms with Crippen molar-refractivity contribution in [1.82, 2.24) is 0 Å². The minimum atomic E-state index is 0.202. The zero-order valence-corrected chi connectivity index (χ0v) is 7.68. The van der Waals surface area contributed by atoms with E-state index in [0.29, 0.717) is 6.04 Å². The SMILES string of the molecule is CC1(C)C(N=C(N)N)C1(C)C. The lowest BCUT2D eigenvalue weighted by atomic mass is 10.0. The first-order valence-corrected chi connectivity index (χ1v) is 3.89. The standard InChI is InChI=1S/C8H17N3/c1-7(2)5(8(7,3)4)11-6(9)10/h5H,1-4H3,(H4,9,10,11). The second kappa shape index (κ2) is 1.90. The number of hydrogen-bond donors (Lipinski definition) is 2. The molecule has 0 spiro atoms. The van der Waals surface area contributed by atoms with E-state index in [9.17, 15) is 0 Å². The number of nitrogens with zero attached hydrogens (tertiary/aromatic N) is 1. The van der Waals surface area contributed by atoms with Gasteiger partial charge in [-0.25, -0.2) is 4.99 Å². The van der Waals surface area contributed by atoms with Gasteiger partial charge in [-0.3, -0.25) is 0 Å². The van der Waals surface area contributed by atoms with E-state index in [-0.39, 0.29) is 16.8 Å². The highest BCUT2D eigenvalue weighted by Crippen LogP contribution is 2.64. The lowest BCUT2D eigenvalue weighted by Crippen LogP contribution is -2.24. The number of rotatable bonds is 1. The fraction of sp³-hybridized carbons (Fsp3) is 0.875. The van der Waals surface area contributed by atoms with E-state index >= 15 is 0 Å². The highest BCUT2D eigenvalue weighted by atomic mass is 15.1. The Morgan fingerprint density at radius 1 is 1.09 bits per heavy atom. The fourth-order valence-electron chi connectivity index (χ4n) is 1.63. The molecule has 1 rings (SSSR count). The molecule has 4 N–H and O–H groups in total. The van der Waals surface area contributed by atoms with Crippen molar-refractivity contribution in [2.45, 2.75) is 33.7 Å². The summed E-state index contributed by atoms with van der Waals surface area (Å²) in [6.07, 6.45) is 0. The molecule has 3 heteroatoms. The maximum absolute atomic E-state index is 5.30. The highest BCUT2D eigenvalue weighted by Gasteiger charge is 2.65. The van der Waals surface area contributed by atoms with Gasteiger partial charge < -0.3 is 11.5 Å². The molecule has 0 heterocycles. The molecule has 3 nitrogen and oxygen atoms in total. The largest absolute Gasteiger partial charge is 0.370 e. The lowest BCUT2D eigenvalue weighted by Gasteiger charge is -2.02. The van der Waals surface area contributed by atoms with Crippen LogP contribution in [0.4, 0.5) is 0 Å². The van der Waals surface area contributed by atoms with Crippen molar-refractivity contribution in [1.29, 1.82) is 0 Å². The average molecular weight is 155 g/mol. The summed E-state index contributed by atoms with van der Waals surface area (Å²) in [5.74, 6) is 0.202. The molecule has 0 aromatic rings. The van der Waals surface area contributed by atoms with E-state index in [4.69, 9.17) is 11.5 Å². The second-order valence-corrected chi connectivity index (χ2v) is 4.40. The Hall–Kier alpha value is -0.730. The summed E-state index contributed by atoms with van der Waals surface area (Å²) in [7, 11) is 0. The van der Waals surface area contributed by atoms with E-state index in [1.165, 1.54) is 0 Å². The van der Waals surface area contributed by atoms with Crippen molar-refractivity contribution >= 4 is 5.96 Å². The lowest BCUT2D eigenvalue weighted by molar-refractivity contribution is 0.457. The number of nitrogens with two attached hydrogens (primary N) is 2. The van der Waals surface area contributed by atoms with Gasteiger partial charge in [0.2, 0.25) is 0 Å². The molecule has 0 radical (unpaired) electrons. The van der Waals surface area contributed by atoms with E-state index in [2.05, 4.69) is 32.7 Å². The van der Waals surface area contributed by atoms with Crippen LogP contribution in [-0.4, -0.2) is 12.0 Å². The Kier molecular flexibility index (Phi) is 1.44. The van der Waals surface area contributed by atoms with Gasteiger partial charge in [-0.05, 0) is 10.8 Å². The number of hydrogen-bond acceptors (Lipinski definition) is 1. The zero-order chi connectivity index (χ0) is 8.86. The fourth-order valence-corrected chi connectivity index (χ4v) is 1.63. The molecule has 1 aliphatic carbocycles. The topological polar surface area (TPSA) is 64.4 Å². The first-order chi connectivity index (χ1) is 4.80. The molecule has 64 valence electrons. The van der Waals surface area contributed by atoms with Crippen LogP contribution in [0.3, 0.4) is 0 Å². The molecular formula is C8H17N3. The molecule has 0 aromatic heterocycles. The van der Waals surface area contributed by atoms with Crippen LogP contribution in [0.15, 0.2) is 4.99 Å². The molecule has 1 fully saturated rings. The molecule has 0 unspecified atom stereocenters. The monoisotopic (exact) mass is 155 g/mol. The van der Waals surface area contributed by atoms with Crippen LogP contribution in [0.5, 0.6) is 0 Å². The molecular weight excluding hydrogens is 138 g/mol. The van der Waals surface area contributed by atoms with Gasteiger partial charge in [0.1, 0.15) is 0 Å². The summed E-state index contributed by atoms with van der Waals surface area (Å²) in [6, 6.07) is 0.292. The summed E-state index contributed by atoms with van der Waals surface area (Å²) < 4.78 is 0. The first-order valence-electron chi connectivity index (χ1n) is 3.89. The van der Waals surface area contributed by atoms with E-state index in [0.717, 1.165) is 0 Å². The van der Waals surface area contributed by atoms with Crippen molar-refractivity contribution < 1.29 is 0 Å². The molecule has 0 atom stereocenters. The highest BCUT2D eigenvalue weighted by molar-refractivity contribution is 5.76. The molecule has 1 aliphatic rings. The Labute approximate surface area is 67.9 Å². The zero-order valence-electron chi connectivity index (χ0n) is 7.68. The predicted molar refractivity (Wildman–Crippen MR) is 47.2 cm³/mol. The molecule has 11 heavy (non-hydrogen) atoms. The van der Waals surface area contributed by atoms with Crippen LogP contribution in [0.2, 0.25) is 0 Å². The Balaban J connectivity index is 2.76. The van der Waals surface area contributed by atoms with Crippen LogP contribution in [0.1, 0.15) is 27.7 Å². The Morgan fingerprint density at radius 3 is 1.55 bits per heavy atom. The van der Waals surface area contributed by atoms with Crippen molar-refractivity contribution in [3.63, 3.8) is 0 Å². The second-order valence-electron chi connectivity index (χ2n) is 4.40. The van der Waals surface area contributed by atoms with E-state index in [1.807, 2.05) is 0 Å². The van der Waals surface area contributed by atoms with Crippen LogP contribution in [0, 0.1) is 10.8 Å². The van der Waals surface area contributed by atoms with Gasteiger partial charge in [-0.2, -0.15) is 0 Å². The number of aliphatic imine (C=N–C) groups is 1. The minimum absolute atomic E-state index is 0.202. The van der Waals surface area contributed by atoms with Crippen molar-refractivity contribution in [2.75, 3.05) is 0 Å². The first kappa shape index (κ1) is 8.37. The van der Waals surface area contributed by atoms with Gasteiger partial charge in [0.05, 0.1) is 6.04 Å². The van der Waals surface area contributed by atoms with Gasteiger partial charge in [0.15, 0.2) is 5.96 Å². The van der Waals surface area contributed by atoms with Crippen molar-refractivity contribution in [3.05, 3.63) is 0 Å². The molecule has 0 amide bonds. The average Bonchev–Trinajstić information content (AvgIpc) is 2.11. The summed E-state index contributed by atoms with van der Waals surface area (Å²) in [5.41, 5.74) is 11.1. The van der Waals surface area contributed by atoms with Gasteiger partial charge in [-0.15, -0.1) is 0 Å². The van der Waals surface area contributed by atoms with Crippen LogP contribution >= 0.6 is 0 Å².